The first-order valence-corrected chi connectivity index (χ1v) is 9.48. The lowest BCUT2D eigenvalue weighted by Crippen LogP contribution is -2.44. The van der Waals surface area contributed by atoms with Crippen LogP contribution < -0.4 is 5.32 Å². The molecule has 0 atom stereocenters. The zero-order valence-corrected chi connectivity index (χ0v) is 16.7. The van der Waals surface area contributed by atoms with Crippen LogP contribution in [-0.2, 0) is 22.4 Å². The minimum absolute atomic E-state index is 0.197. The van der Waals surface area contributed by atoms with E-state index in [4.69, 9.17) is 21.1 Å². The van der Waals surface area contributed by atoms with E-state index in [9.17, 15) is 9.59 Å². The van der Waals surface area contributed by atoms with Crippen molar-refractivity contribution in [1.82, 2.24) is 20.0 Å². The SMILES string of the molecule is CCOC(=O)c1nn(-c2ccc(Cl)cc2)c2c1CN(C(=O)NCCOC)CC2. The van der Waals surface area contributed by atoms with Crippen LogP contribution in [0.2, 0.25) is 5.02 Å². The van der Waals surface area contributed by atoms with E-state index in [1.54, 1.807) is 35.7 Å². The number of fused-ring (bicyclic) bond motifs is 1. The van der Waals surface area contributed by atoms with Crippen LogP contribution in [0, 0.1) is 0 Å². The van der Waals surface area contributed by atoms with Crippen molar-refractivity contribution in [1.29, 1.82) is 0 Å². The van der Waals surface area contributed by atoms with Gasteiger partial charge in [0.05, 0.1) is 31.1 Å². The number of methoxy groups -OCH3 is 1. The molecular weight excluding hydrogens is 384 g/mol. The van der Waals surface area contributed by atoms with Crippen molar-refractivity contribution in [3.8, 4) is 5.69 Å². The van der Waals surface area contributed by atoms with Crippen LogP contribution in [0.4, 0.5) is 4.79 Å². The molecule has 0 unspecified atom stereocenters. The van der Waals surface area contributed by atoms with Gasteiger partial charge >= 0.3 is 12.0 Å². The number of esters is 1. The predicted octanol–water partition coefficient (Wildman–Crippen LogP) is 2.42. The molecule has 2 amide bonds. The Morgan fingerprint density at radius 2 is 2.04 bits per heavy atom. The lowest BCUT2D eigenvalue weighted by atomic mass is 10.1. The number of hydrogen-bond donors (Lipinski definition) is 1. The van der Waals surface area contributed by atoms with Gasteiger partial charge in [-0.1, -0.05) is 11.6 Å². The second kappa shape index (κ2) is 9.07. The molecule has 3 rings (SSSR count). The molecule has 0 fully saturated rings. The van der Waals surface area contributed by atoms with E-state index < -0.39 is 5.97 Å². The molecule has 1 aliphatic rings. The average molecular weight is 407 g/mol. The Morgan fingerprint density at radius 3 is 2.71 bits per heavy atom. The first-order chi connectivity index (χ1) is 13.5. The van der Waals surface area contributed by atoms with E-state index in [2.05, 4.69) is 10.4 Å². The van der Waals surface area contributed by atoms with Crippen molar-refractivity contribution in [2.24, 2.45) is 0 Å². The predicted molar refractivity (Wildman–Crippen MR) is 104 cm³/mol. The molecule has 0 saturated heterocycles. The Morgan fingerprint density at radius 1 is 1.29 bits per heavy atom. The third kappa shape index (κ3) is 4.28. The van der Waals surface area contributed by atoms with Crippen LogP contribution in [-0.4, -0.2) is 60.1 Å². The van der Waals surface area contributed by atoms with E-state index in [0.717, 1.165) is 11.4 Å². The van der Waals surface area contributed by atoms with Crippen molar-refractivity contribution in [3.05, 3.63) is 46.2 Å². The summed E-state index contributed by atoms with van der Waals surface area (Å²) in [7, 11) is 1.58. The molecule has 0 saturated carbocycles. The maximum Gasteiger partial charge on any atom is 0.359 e. The van der Waals surface area contributed by atoms with Gasteiger partial charge < -0.3 is 19.7 Å². The highest BCUT2D eigenvalue weighted by Gasteiger charge is 2.31. The van der Waals surface area contributed by atoms with Gasteiger partial charge in [-0.2, -0.15) is 5.10 Å². The largest absolute Gasteiger partial charge is 0.461 e. The monoisotopic (exact) mass is 406 g/mol. The molecule has 1 N–H and O–H groups in total. The number of rotatable bonds is 6. The number of carbonyl (C=O) groups is 2. The van der Waals surface area contributed by atoms with E-state index in [1.165, 1.54) is 0 Å². The van der Waals surface area contributed by atoms with Gasteiger partial charge in [-0.05, 0) is 31.2 Å². The van der Waals surface area contributed by atoms with E-state index in [-0.39, 0.29) is 24.9 Å². The molecule has 0 spiro atoms. The van der Waals surface area contributed by atoms with Crippen molar-refractivity contribution in [2.75, 3.05) is 33.4 Å². The van der Waals surface area contributed by atoms with Gasteiger partial charge in [0.1, 0.15) is 0 Å². The van der Waals surface area contributed by atoms with Crippen LogP contribution >= 0.6 is 11.6 Å². The fraction of sp³-hybridized carbons (Fsp3) is 0.421. The summed E-state index contributed by atoms with van der Waals surface area (Å²) in [5.41, 5.74) is 2.64. The van der Waals surface area contributed by atoms with Gasteiger partial charge in [-0.3, -0.25) is 0 Å². The third-order valence-electron chi connectivity index (χ3n) is 4.47. The molecular formula is C19H23ClN4O4. The Labute approximate surface area is 168 Å². The lowest BCUT2D eigenvalue weighted by molar-refractivity contribution is 0.0516. The van der Waals surface area contributed by atoms with Crippen molar-refractivity contribution in [2.45, 2.75) is 19.9 Å². The molecule has 9 heteroatoms. The van der Waals surface area contributed by atoms with Gasteiger partial charge in [0.25, 0.3) is 0 Å². The van der Waals surface area contributed by atoms with E-state index in [0.29, 0.717) is 36.7 Å². The number of benzene rings is 1. The molecule has 1 aromatic carbocycles. The van der Waals surface area contributed by atoms with Gasteiger partial charge in [0, 0.05) is 37.2 Å². The Bertz CT molecular complexity index is 850. The Hall–Kier alpha value is -2.58. The molecule has 0 bridgehead atoms. The lowest BCUT2D eigenvalue weighted by Gasteiger charge is -2.28. The number of halogens is 1. The summed E-state index contributed by atoms with van der Waals surface area (Å²) in [6.07, 6.45) is 0.571. The summed E-state index contributed by atoms with van der Waals surface area (Å²) in [5, 5.41) is 7.93. The van der Waals surface area contributed by atoms with Crippen molar-refractivity contribution in [3.63, 3.8) is 0 Å². The molecule has 150 valence electrons. The first-order valence-electron chi connectivity index (χ1n) is 9.10. The fourth-order valence-corrected chi connectivity index (χ4v) is 3.25. The van der Waals surface area contributed by atoms with Crippen LogP contribution in [0.1, 0.15) is 28.7 Å². The van der Waals surface area contributed by atoms with Crippen molar-refractivity contribution >= 4 is 23.6 Å². The second-order valence-corrected chi connectivity index (χ2v) is 6.72. The van der Waals surface area contributed by atoms with Gasteiger partial charge in [0.2, 0.25) is 0 Å². The van der Waals surface area contributed by atoms with E-state index >= 15 is 0 Å². The van der Waals surface area contributed by atoms with Crippen LogP contribution in [0.3, 0.4) is 0 Å². The van der Waals surface area contributed by atoms with Gasteiger partial charge in [-0.15, -0.1) is 0 Å². The molecule has 8 nitrogen and oxygen atoms in total. The van der Waals surface area contributed by atoms with Gasteiger partial charge in [0.15, 0.2) is 5.69 Å². The standard InChI is InChI=1S/C19H23ClN4O4/c1-3-28-18(25)17-15-12-23(19(26)21-9-11-27-2)10-8-16(15)24(22-17)14-6-4-13(20)5-7-14/h4-7H,3,8-12H2,1-2H3,(H,21,26). The number of aromatic nitrogens is 2. The van der Waals surface area contributed by atoms with Crippen molar-refractivity contribution < 1.29 is 19.1 Å². The average Bonchev–Trinajstić information content (AvgIpc) is 3.08. The number of amides is 2. The number of nitrogens with one attached hydrogen (secondary N) is 1. The zero-order chi connectivity index (χ0) is 20.1. The number of nitrogens with zero attached hydrogens (tertiary/aromatic N) is 3. The normalized spacial score (nSPS) is 13.2. The molecule has 0 radical (unpaired) electrons. The maximum atomic E-state index is 12.4. The molecule has 2 aromatic rings. The highest BCUT2D eigenvalue weighted by Crippen LogP contribution is 2.26. The summed E-state index contributed by atoms with van der Waals surface area (Å²) < 4.78 is 11.9. The summed E-state index contributed by atoms with van der Waals surface area (Å²) in [6, 6.07) is 7.03. The smallest absolute Gasteiger partial charge is 0.359 e. The topological polar surface area (TPSA) is 85.7 Å². The Balaban J connectivity index is 1.91. The number of hydrogen-bond acceptors (Lipinski definition) is 5. The number of ether oxygens (including phenoxy) is 2. The third-order valence-corrected chi connectivity index (χ3v) is 4.72. The first kappa shape index (κ1) is 20.2. The molecule has 1 aromatic heterocycles. The summed E-state index contributed by atoms with van der Waals surface area (Å²) >= 11 is 5.98. The fourth-order valence-electron chi connectivity index (χ4n) is 3.12. The molecule has 28 heavy (non-hydrogen) atoms. The quantitative estimate of drug-likeness (QED) is 0.588. The molecule has 1 aliphatic heterocycles. The van der Waals surface area contributed by atoms with Crippen LogP contribution in [0.5, 0.6) is 0 Å². The molecule has 2 heterocycles. The number of carbonyl (C=O) groups excluding carboxylic acids is 2. The highest BCUT2D eigenvalue weighted by atomic mass is 35.5. The Kier molecular flexibility index (Phi) is 6.53. The van der Waals surface area contributed by atoms with Crippen LogP contribution in [0.15, 0.2) is 24.3 Å². The number of urea groups is 1. The summed E-state index contributed by atoms with van der Waals surface area (Å²) in [5.74, 6) is -0.492. The van der Waals surface area contributed by atoms with Gasteiger partial charge in [-0.25, -0.2) is 14.3 Å². The maximum absolute atomic E-state index is 12.4. The zero-order valence-electron chi connectivity index (χ0n) is 15.9. The summed E-state index contributed by atoms with van der Waals surface area (Å²) in [4.78, 5) is 26.5. The van der Waals surface area contributed by atoms with E-state index in [1.807, 2.05) is 12.1 Å². The highest BCUT2D eigenvalue weighted by molar-refractivity contribution is 6.30. The molecule has 0 aliphatic carbocycles. The van der Waals surface area contributed by atoms with Crippen LogP contribution in [0.25, 0.3) is 5.69 Å². The minimum Gasteiger partial charge on any atom is -0.461 e. The minimum atomic E-state index is -0.492. The summed E-state index contributed by atoms with van der Waals surface area (Å²) in [6.45, 7) is 3.67. The second-order valence-electron chi connectivity index (χ2n) is 6.28.